The summed E-state index contributed by atoms with van der Waals surface area (Å²) in [6, 6.07) is 0. The summed E-state index contributed by atoms with van der Waals surface area (Å²) >= 11 is 0. The quantitative estimate of drug-likeness (QED) is 0.706. The number of aliphatic carboxylic acids is 1. The van der Waals surface area contributed by atoms with Crippen LogP contribution in [0.15, 0.2) is 0 Å². The summed E-state index contributed by atoms with van der Waals surface area (Å²) in [4.78, 5) is 10.8. The average Bonchev–Trinajstić information content (AvgIpc) is 2.19. The molecule has 0 heterocycles. The molecular weight excluding hydrogens is 254 g/mol. The molecule has 1 fully saturated rings. The van der Waals surface area contributed by atoms with Crippen molar-refractivity contribution in [1.29, 1.82) is 0 Å². The van der Waals surface area contributed by atoms with Gasteiger partial charge in [0.2, 0.25) is 10.0 Å². The van der Waals surface area contributed by atoms with Gasteiger partial charge in [-0.3, -0.25) is 4.79 Å². The van der Waals surface area contributed by atoms with E-state index in [0.29, 0.717) is 12.3 Å². The highest BCUT2D eigenvalue weighted by molar-refractivity contribution is 7.89. The van der Waals surface area contributed by atoms with Crippen molar-refractivity contribution in [1.82, 2.24) is 4.72 Å². The molecule has 0 spiro atoms. The van der Waals surface area contributed by atoms with Gasteiger partial charge in [-0.25, -0.2) is 13.1 Å². The third-order valence-corrected chi connectivity index (χ3v) is 4.93. The minimum atomic E-state index is -3.26. The molecule has 0 radical (unpaired) electrons. The molecule has 1 aliphatic rings. The van der Waals surface area contributed by atoms with Gasteiger partial charge in [0.1, 0.15) is 0 Å². The van der Waals surface area contributed by atoms with Gasteiger partial charge in [0.15, 0.2) is 0 Å². The van der Waals surface area contributed by atoms with Crippen molar-refractivity contribution in [2.45, 2.75) is 46.0 Å². The Morgan fingerprint density at radius 1 is 1.39 bits per heavy atom. The van der Waals surface area contributed by atoms with E-state index in [1.54, 1.807) is 0 Å². The van der Waals surface area contributed by atoms with Crippen molar-refractivity contribution in [3.05, 3.63) is 0 Å². The number of hydrogen-bond donors (Lipinski definition) is 2. The lowest BCUT2D eigenvalue weighted by molar-refractivity contribution is -0.141. The zero-order valence-electron chi connectivity index (χ0n) is 11.1. The molecular formula is C12H23NO4S. The third-order valence-electron chi connectivity index (χ3n) is 3.57. The predicted octanol–water partition coefficient (Wildman–Crippen LogP) is 1.60. The highest BCUT2D eigenvalue weighted by Gasteiger charge is 2.39. The van der Waals surface area contributed by atoms with Crippen LogP contribution in [-0.2, 0) is 14.8 Å². The van der Waals surface area contributed by atoms with Crippen molar-refractivity contribution in [2.24, 2.45) is 11.3 Å². The van der Waals surface area contributed by atoms with Gasteiger partial charge in [-0.1, -0.05) is 20.3 Å². The summed E-state index contributed by atoms with van der Waals surface area (Å²) in [5.74, 6) is -0.386. The molecule has 18 heavy (non-hydrogen) atoms. The fourth-order valence-electron chi connectivity index (χ4n) is 2.14. The number of carboxylic acids is 1. The third kappa shape index (κ3) is 4.94. The van der Waals surface area contributed by atoms with Crippen LogP contribution in [0.1, 0.15) is 46.0 Å². The van der Waals surface area contributed by atoms with Crippen molar-refractivity contribution < 1.29 is 18.3 Å². The molecule has 0 unspecified atom stereocenters. The van der Waals surface area contributed by atoms with Crippen molar-refractivity contribution >= 4 is 16.0 Å². The Hall–Kier alpha value is -0.620. The van der Waals surface area contributed by atoms with Gasteiger partial charge < -0.3 is 5.11 Å². The topological polar surface area (TPSA) is 83.5 Å². The average molecular weight is 277 g/mol. The van der Waals surface area contributed by atoms with Gasteiger partial charge in [-0.05, 0) is 30.6 Å². The second-order valence-corrected chi connectivity index (χ2v) is 7.67. The summed E-state index contributed by atoms with van der Waals surface area (Å²) in [5.41, 5.74) is -0.350. The summed E-state index contributed by atoms with van der Waals surface area (Å²) in [7, 11) is -3.26. The second kappa shape index (κ2) is 6.02. The van der Waals surface area contributed by atoms with Gasteiger partial charge in [0.05, 0.1) is 12.2 Å². The summed E-state index contributed by atoms with van der Waals surface area (Å²) < 4.78 is 26.1. The zero-order chi connectivity index (χ0) is 13.8. The van der Waals surface area contributed by atoms with E-state index in [-0.39, 0.29) is 24.1 Å². The lowest BCUT2D eigenvalue weighted by Gasteiger charge is -2.40. The molecule has 0 aliphatic heterocycles. The molecule has 1 rings (SSSR count). The van der Waals surface area contributed by atoms with E-state index in [0.717, 1.165) is 19.3 Å². The molecule has 0 saturated heterocycles. The predicted molar refractivity (Wildman–Crippen MR) is 69.8 cm³/mol. The van der Waals surface area contributed by atoms with Crippen LogP contribution in [0, 0.1) is 11.3 Å². The molecule has 0 bridgehead atoms. The van der Waals surface area contributed by atoms with Crippen molar-refractivity contribution in [2.75, 3.05) is 12.3 Å². The van der Waals surface area contributed by atoms with Crippen molar-refractivity contribution in [3.8, 4) is 0 Å². The van der Waals surface area contributed by atoms with Crippen LogP contribution in [0.25, 0.3) is 0 Å². The molecule has 2 N–H and O–H groups in total. The van der Waals surface area contributed by atoms with E-state index in [9.17, 15) is 13.2 Å². The van der Waals surface area contributed by atoms with Crippen LogP contribution < -0.4 is 4.72 Å². The largest absolute Gasteiger partial charge is 0.481 e. The number of nitrogens with one attached hydrogen (secondary N) is 1. The Kier molecular flexibility index (Phi) is 5.16. The normalized spacial score (nSPS) is 18.6. The lowest BCUT2D eigenvalue weighted by atomic mass is 9.67. The van der Waals surface area contributed by atoms with Crippen molar-refractivity contribution in [3.63, 3.8) is 0 Å². The Balaban J connectivity index is 2.45. The molecule has 0 amide bonds. The number of rotatable bonds is 8. The van der Waals surface area contributed by atoms with Crippen LogP contribution >= 0.6 is 0 Å². The maximum atomic E-state index is 11.7. The molecule has 106 valence electrons. The van der Waals surface area contributed by atoms with E-state index in [2.05, 4.69) is 4.72 Å². The fraction of sp³-hybridized carbons (Fsp3) is 0.917. The maximum Gasteiger partial charge on any atom is 0.303 e. The van der Waals surface area contributed by atoms with E-state index >= 15 is 0 Å². The SMILES string of the molecule is CC(C)CCS(=O)(=O)NCC1(CC(=O)O)CCC1. The molecule has 0 atom stereocenters. The monoisotopic (exact) mass is 277 g/mol. The lowest BCUT2D eigenvalue weighted by Crippen LogP contribution is -2.44. The first kappa shape index (κ1) is 15.4. The first-order valence-electron chi connectivity index (χ1n) is 6.44. The first-order valence-corrected chi connectivity index (χ1v) is 8.09. The van der Waals surface area contributed by atoms with E-state index < -0.39 is 16.0 Å². The van der Waals surface area contributed by atoms with E-state index in [1.807, 2.05) is 13.8 Å². The zero-order valence-corrected chi connectivity index (χ0v) is 11.9. The van der Waals surface area contributed by atoms with Gasteiger partial charge in [0, 0.05) is 6.54 Å². The number of carbonyl (C=O) groups is 1. The first-order chi connectivity index (χ1) is 8.25. The molecule has 0 aromatic heterocycles. The van der Waals surface area contributed by atoms with Gasteiger partial charge in [-0.2, -0.15) is 0 Å². The highest BCUT2D eigenvalue weighted by Crippen LogP contribution is 2.43. The van der Waals surface area contributed by atoms with E-state index in [1.165, 1.54) is 0 Å². The van der Waals surface area contributed by atoms with Crippen LogP contribution in [-0.4, -0.2) is 31.8 Å². The summed E-state index contributed by atoms with van der Waals surface area (Å²) in [6.07, 6.45) is 3.26. The summed E-state index contributed by atoms with van der Waals surface area (Å²) in [5, 5.41) is 8.84. The van der Waals surface area contributed by atoms with Crippen LogP contribution in [0.4, 0.5) is 0 Å². The molecule has 0 aromatic carbocycles. The Morgan fingerprint density at radius 3 is 2.39 bits per heavy atom. The Labute approximate surface area is 109 Å². The number of hydrogen-bond acceptors (Lipinski definition) is 3. The minimum Gasteiger partial charge on any atom is -0.481 e. The van der Waals surface area contributed by atoms with Crippen LogP contribution in [0.3, 0.4) is 0 Å². The number of carboxylic acid groups (broad SMARTS) is 1. The summed E-state index contributed by atoms with van der Waals surface area (Å²) in [6.45, 7) is 4.22. The second-order valence-electron chi connectivity index (χ2n) is 5.75. The van der Waals surface area contributed by atoms with Gasteiger partial charge >= 0.3 is 5.97 Å². The fourth-order valence-corrected chi connectivity index (χ4v) is 3.59. The maximum absolute atomic E-state index is 11.7. The molecule has 0 aromatic rings. The Bertz CT molecular complexity index is 385. The smallest absolute Gasteiger partial charge is 0.303 e. The standard InChI is InChI=1S/C12H23NO4S/c1-10(2)4-7-18(16,17)13-9-12(5-3-6-12)8-11(14)15/h10,13H,3-9H2,1-2H3,(H,14,15). The molecule has 1 saturated carbocycles. The minimum absolute atomic E-state index is 0.0553. The highest BCUT2D eigenvalue weighted by atomic mass is 32.2. The van der Waals surface area contributed by atoms with Gasteiger partial charge in [0.25, 0.3) is 0 Å². The van der Waals surface area contributed by atoms with Crippen LogP contribution in [0.2, 0.25) is 0 Å². The molecule has 1 aliphatic carbocycles. The molecule has 6 heteroatoms. The van der Waals surface area contributed by atoms with E-state index in [4.69, 9.17) is 5.11 Å². The Morgan fingerprint density at radius 2 is 2.00 bits per heavy atom. The van der Waals surface area contributed by atoms with Gasteiger partial charge in [-0.15, -0.1) is 0 Å². The molecule has 5 nitrogen and oxygen atoms in total. The van der Waals surface area contributed by atoms with Crippen LogP contribution in [0.5, 0.6) is 0 Å². The number of sulfonamides is 1.